The number of hydrogen-bond donors (Lipinski definition) is 2. The fourth-order valence-corrected chi connectivity index (χ4v) is 1.82. The Morgan fingerprint density at radius 2 is 2.41 bits per heavy atom. The van der Waals surface area contributed by atoms with Crippen LogP contribution in [0, 0.1) is 12.8 Å². The molecule has 1 aromatic heterocycles. The first-order valence-electron chi connectivity index (χ1n) is 5.26. The molecule has 6 heteroatoms. The summed E-state index contributed by atoms with van der Waals surface area (Å²) in [7, 11) is 0. The first kappa shape index (κ1) is 11.9. The lowest BCUT2D eigenvalue weighted by Crippen LogP contribution is -2.24. The SMILES string of the molecule is Cc1cnc(Cl)c(NC(=O)C2CNC(=O)C2)c1. The van der Waals surface area contributed by atoms with Crippen LogP contribution in [0.25, 0.3) is 0 Å². The smallest absolute Gasteiger partial charge is 0.229 e. The van der Waals surface area contributed by atoms with Gasteiger partial charge in [0.05, 0.1) is 11.6 Å². The molecule has 2 heterocycles. The lowest BCUT2D eigenvalue weighted by atomic mass is 10.1. The van der Waals surface area contributed by atoms with Gasteiger partial charge < -0.3 is 10.6 Å². The highest BCUT2D eigenvalue weighted by molar-refractivity contribution is 6.32. The monoisotopic (exact) mass is 253 g/mol. The predicted molar refractivity (Wildman–Crippen MR) is 63.7 cm³/mol. The van der Waals surface area contributed by atoms with Crippen LogP contribution in [0.4, 0.5) is 5.69 Å². The van der Waals surface area contributed by atoms with Crippen LogP contribution in [0.1, 0.15) is 12.0 Å². The zero-order valence-electron chi connectivity index (χ0n) is 9.29. The second-order valence-electron chi connectivity index (χ2n) is 4.05. The van der Waals surface area contributed by atoms with Crippen molar-refractivity contribution < 1.29 is 9.59 Å². The number of pyridine rings is 1. The third-order valence-electron chi connectivity index (χ3n) is 2.58. The van der Waals surface area contributed by atoms with E-state index >= 15 is 0 Å². The van der Waals surface area contributed by atoms with E-state index in [4.69, 9.17) is 11.6 Å². The van der Waals surface area contributed by atoms with Crippen LogP contribution >= 0.6 is 11.6 Å². The highest BCUT2D eigenvalue weighted by atomic mass is 35.5. The minimum absolute atomic E-state index is 0.0985. The van der Waals surface area contributed by atoms with Crippen LogP contribution in [0.3, 0.4) is 0 Å². The van der Waals surface area contributed by atoms with Crippen molar-refractivity contribution in [1.29, 1.82) is 0 Å². The molecule has 1 atom stereocenters. The Morgan fingerprint density at radius 3 is 3.06 bits per heavy atom. The van der Waals surface area contributed by atoms with E-state index in [0.29, 0.717) is 12.2 Å². The number of carbonyl (C=O) groups is 2. The van der Waals surface area contributed by atoms with E-state index in [1.807, 2.05) is 6.92 Å². The summed E-state index contributed by atoms with van der Waals surface area (Å²) in [4.78, 5) is 26.8. The Morgan fingerprint density at radius 1 is 1.65 bits per heavy atom. The highest BCUT2D eigenvalue weighted by Crippen LogP contribution is 2.21. The van der Waals surface area contributed by atoms with Gasteiger partial charge in [0.2, 0.25) is 11.8 Å². The molecule has 1 aliphatic rings. The first-order chi connectivity index (χ1) is 8.06. The average Bonchev–Trinajstić information content (AvgIpc) is 2.70. The number of aromatic nitrogens is 1. The number of carbonyl (C=O) groups excluding carboxylic acids is 2. The van der Waals surface area contributed by atoms with Gasteiger partial charge in [-0.3, -0.25) is 9.59 Å². The summed E-state index contributed by atoms with van der Waals surface area (Å²) in [6.45, 7) is 2.24. The van der Waals surface area contributed by atoms with Crippen LogP contribution in [0.15, 0.2) is 12.3 Å². The van der Waals surface area contributed by atoms with E-state index in [1.165, 1.54) is 0 Å². The Labute approximate surface area is 104 Å². The molecule has 0 spiro atoms. The molecule has 2 rings (SSSR count). The van der Waals surface area contributed by atoms with Gasteiger partial charge in [-0.25, -0.2) is 4.98 Å². The number of rotatable bonds is 2. The van der Waals surface area contributed by atoms with E-state index in [1.54, 1.807) is 12.3 Å². The van der Waals surface area contributed by atoms with Crippen molar-refractivity contribution in [2.24, 2.45) is 5.92 Å². The molecule has 2 amide bonds. The first-order valence-corrected chi connectivity index (χ1v) is 5.64. The van der Waals surface area contributed by atoms with Crippen LogP contribution in [0.5, 0.6) is 0 Å². The summed E-state index contributed by atoms with van der Waals surface area (Å²) in [6.07, 6.45) is 1.85. The van der Waals surface area contributed by atoms with Crippen LogP contribution in [0.2, 0.25) is 5.15 Å². The van der Waals surface area contributed by atoms with Gasteiger partial charge in [-0.05, 0) is 18.6 Å². The summed E-state index contributed by atoms with van der Waals surface area (Å²) in [6, 6.07) is 1.75. The zero-order chi connectivity index (χ0) is 12.4. The zero-order valence-corrected chi connectivity index (χ0v) is 10.0. The number of halogens is 1. The third-order valence-corrected chi connectivity index (χ3v) is 2.88. The molecule has 1 saturated heterocycles. The van der Waals surface area contributed by atoms with Crippen molar-refractivity contribution in [3.8, 4) is 0 Å². The molecule has 0 radical (unpaired) electrons. The fourth-order valence-electron chi connectivity index (χ4n) is 1.67. The average molecular weight is 254 g/mol. The van der Waals surface area contributed by atoms with Crippen LogP contribution in [-0.2, 0) is 9.59 Å². The van der Waals surface area contributed by atoms with Gasteiger partial charge in [0, 0.05) is 19.2 Å². The van der Waals surface area contributed by atoms with Crippen LogP contribution < -0.4 is 10.6 Å². The minimum Gasteiger partial charge on any atom is -0.355 e. The topological polar surface area (TPSA) is 71.1 Å². The maximum absolute atomic E-state index is 11.8. The summed E-state index contributed by atoms with van der Waals surface area (Å²) in [5, 5.41) is 5.55. The van der Waals surface area contributed by atoms with E-state index in [2.05, 4.69) is 15.6 Å². The number of nitrogens with one attached hydrogen (secondary N) is 2. The van der Waals surface area contributed by atoms with E-state index < -0.39 is 0 Å². The summed E-state index contributed by atoms with van der Waals surface area (Å²) < 4.78 is 0. The Balaban J connectivity index is 2.07. The van der Waals surface area contributed by atoms with Gasteiger partial charge >= 0.3 is 0 Å². The van der Waals surface area contributed by atoms with E-state index in [0.717, 1.165) is 5.56 Å². The lowest BCUT2D eigenvalue weighted by Gasteiger charge is -2.10. The van der Waals surface area contributed by atoms with Crippen molar-refractivity contribution in [3.63, 3.8) is 0 Å². The van der Waals surface area contributed by atoms with Gasteiger partial charge in [-0.1, -0.05) is 11.6 Å². The molecule has 5 nitrogen and oxygen atoms in total. The van der Waals surface area contributed by atoms with Gasteiger partial charge in [-0.2, -0.15) is 0 Å². The quantitative estimate of drug-likeness (QED) is 0.776. The van der Waals surface area contributed by atoms with Gasteiger partial charge in [-0.15, -0.1) is 0 Å². The second kappa shape index (κ2) is 4.71. The Bertz CT molecular complexity index is 476. The van der Waals surface area contributed by atoms with E-state index in [9.17, 15) is 9.59 Å². The highest BCUT2D eigenvalue weighted by Gasteiger charge is 2.28. The second-order valence-corrected chi connectivity index (χ2v) is 4.40. The van der Waals surface area contributed by atoms with Crippen molar-refractivity contribution in [3.05, 3.63) is 23.0 Å². The molecule has 2 N–H and O–H groups in total. The number of aryl methyl sites for hydroxylation is 1. The molecular formula is C11H12ClN3O2. The number of anilines is 1. The summed E-state index contributed by atoms with van der Waals surface area (Å²) >= 11 is 5.87. The standard InChI is InChI=1S/C11H12ClN3O2/c1-6-2-8(10(12)14-4-6)15-11(17)7-3-9(16)13-5-7/h2,4,7H,3,5H2,1H3,(H,13,16)(H,15,17). The molecular weight excluding hydrogens is 242 g/mol. The maximum atomic E-state index is 11.8. The van der Waals surface area contributed by atoms with Crippen molar-refractivity contribution >= 4 is 29.1 Å². The lowest BCUT2D eigenvalue weighted by molar-refractivity contribution is -0.123. The Kier molecular flexibility index (Phi) is 3.28. The molecule has 0 saturated carbocycles. The molecule has 0 aromatic carbocycles. The van der Waals surface area contributed by atoms with Crippen molar-refractivity contribution in [1.82, 2.24) is 10.3 Å². The van der Waals surface area contributed by atoms with Gasteiger partial charge in [0.1, 0.15) is 0 Å². The molecule has 17 heavy (non-hydrogen) atoms. The molecule has 0 aliphatic carbocycles. The molecule has 90 valence electrons. The third kappa shape index (κ3) is 2.74. The fraction of sp³-hybridized carbons (Fsp3) is 0.364. The largest absolute Gasteiger partial charge is 0.355 e. The number of amides is 2. The maximum Gasteiger partial charge on any atom is 0.229 e. The molecule has 1 aliphatic heterocycles. The molecule has 1 aromatic rings. The van der Waals surface area contributed by atoms with Gasteiger partial charge in [0.25, 0.3) is 0 Å². The summed E-state index contributed by atoms with van der Waals surface area (Å²) in [5.74, 6) is -0.643. The minimum atomic E-state index is -0.334. The normalized spacial score (nSPS) is 18.9. The Hall–Kier alpha value is -1.62. The van der Waals surface area contributed by atoms with Crippen molar-refractivity contribution in [2.75, 3.05) is 11.9 Å². The van der Waals surface area contributed by atoms with Crippen molar-refractivity contribution in [2.45, 2.75) is 13.3 Å². The predicted octanol–water partition coefficient (Wildman–Crippen LogP) is 1.12. The number of hydrogen-bond acceptors (Lipinski definition) is 3. The van der Waals surface area contributed by atoms with Gasteiger partial charge in [0.15, 0.2) is 5.15 Å². The molecule has 1 unspecified atom stereocenters. The van der Waals surface area contributed by atoms with E-state index in [-0.39, 0.29) is 29.3 Å². The molecule has 0 bridgehead atoms. The van der Waals surface area contributed by atoms with Crippen LogP contribution in [-0.4, -0.2) is 23.3 Å². The summed E-state index contributed by atoms with van der Waals surface area (Å²) in [5.41, 5.74) is 1.39. The number of nitrogens with zero attached hydrogens (tertiary/aromatic N) is 1. The molecule has 1 fully saturated rings.